The third-order valence-electron chi connectivity index (χ3n) is 5.14. The highest BCUT2D eigenvalue weighted by Crippen LogP contribution is 2.29. The van der Waals surface area contributed by atoms with E-state index in [2.05, 4.69) is 24.1 Å². The van der Waals surface area contributed by atoms with Crippen molar-refractivity contribution in [2.45, 2.75) is 58.4 Å². The molecule has 22 heavy (non-hydrogen) atoms. The van der Waals surface area contributed by atoms with Gasteiger partial charge in [0.1, 0.15) is 0 Å². The zero-order valence-corrected chi connectivity index (χ0v) is 14.1. The van der Waals surface area contributed by atoms with E-state index >= 15 is 0 Å². The summed E-state index contributed by atoms with van der Waals surface area (Å²) in [6.45, 7) is 8.78. The second kappa shape index (κ2) is 8.51. The fraction of sp³-hybridized carbons (Fsp3) is 0.882. The molecular weight excluding hydrogens is 278 g/mol. The molecular formula is C17H31N3O2. The van der Waals surface area contributed by atoms with Crippen molar-refractivity contribution < 1.29 is 9.59 Å². The SMILES string of the molecule is CCN(CC)CCCNC(=O)C1CC(=O)N(C2CCCC2)C1. The topological polar surface area (TPSA) is 52.7 Å². The van der Waals surface area contributed by atoms with Crippen LogP contribution in [0.1, 0.15) is 52.4 Å². The summed E-state index contributed by atoms with van der Waals surface area (Å²) < 4.78 is 0. The normalized spacial score (nSPS) is 22.8. The Bertz CT molecular complexity index is 376. The summed E-state index contributed by atoms with van der Waals surface area (Å²) in [5.41, 5.74) is 0. The molecule has 1 N–H and O–H groups in total. The molecule has 0 radical (unpaired) electrons. The predicted molar refractivity (Wildman–Crippen MR) is 87.5 cm³/mol. The molecule has 1 saturated carbocycles. The molecule has 126 valence electrons. The molecule has 1 atom stereocenters. The lowest BCUT2D eigenvalue weighted by atomic mass is 10.1. The zero-order valence-electron chi connectivity index (χ0n) is 14.1. The predicted octanol–water partition coefficient (Wildman–Crippen LogP) is 1.63. The fourth-order valence-corrected chi connectivity index (χ4v) is 3.67. The lowest BCUT2D eigenvalue weighted by molar-refractivity contribution is -0.130. The standard InChI is InChI=1S/C17H31N3O2/c1-3-19(4-2)11-7-10-18-17(22)14-12-16(21)20(13-14)15-8-5-6-9-15/h14-15H,3-13H2,1-2H3,(H,18,22). The van der Waals surface area contributed by atoms with Crippen LogP contribution in [0.15, 0.2) is 0 Å². The Balaban J connectivity index is 1.68. The molecule has 0 spiro atoms. The number of hydrogen-bond acceptors (Lipinski definition) is 3. The van der Waals surface area contributed by atoms with Crippen LogP contribution in [0, 0.1) is 5.92 Å². The fourth-order valence-electron chi connectivity index (χ4n) is 3.67. The van der Waals surface area contributed by atoms with E-state index in [9.17, 15) is 9.59 Å². The smallest absolute Gasteiger partial charge is 0.225 e. The summed E-state index contributed by atoms with van der Waals surface area (Å²) in [5.74, 6) is 0.102. The highest BCUT2D eigenvalue weighted by molar-refractivity contribution is 5.89. The number of carbonyl (C=O) groups excluding carboxylic acids is 2. The van der Waals surface area contributed by atoms with Crippen LogP contribution in [-0.2, 0) is 9.59 Å². The van der Waals surface area contributed by atoms with Gasteiger partial charge in [-0.2, -0.15) is 0 Å². The molecule has 1 heterocycles. The summed E-state index contributed by atoms with van der Waals surface area (Å²) in [4.78, 5) is 28.7. The Morgan fingerprint density at radius 1 is 1.27 bits per heavy atom. The number of carbonyl (C=O) groups is 2. The monoisotopic (exact) mass is 309 g/mol. The minimum atomic E-state index is -0.137. The Morgan fingerprint density at radius 3 is 2.59 bits per heavy atom. The maximum atomic E-state index is 12.2. The van der Waals surface area contributed by atoms with Gasteiger partial charge >= 0.3 is 0 Å². The quantitative estimate of drug-likeness (QED) is 0.693. The maximum Gasteiger partial charge on any atom is 0.225 e. The molecule has 2 rings (SSSR count). The molecule has 0 bridgehead atoms. The van der Waals surface area contributed by atoms with Crippen molar-refractivity contribution in [3.63, 3.8) is 0 Å². The number of nitrogens with one attached hydrogen (secondary N) is 1. The van der Waals surface area contributed by atoms with E-state index in [-0.39, 0.29) is 17.7 Å². The maximum absolute atomic E-state index is 12.2. The Hall–Kier alpha value is -1.10. The van der Waals surface area contributed by atoms with E-state index in [1.807, 2.05) is 4.90 Å². The summed E-state index contributed by atoms with van der Waals surface area (Å²) in [6, 6.07) is 0.396. The van der Waals surface area contributed by atoms with Crippen molar-refractivity contribution in [2.24, 2.45) is 5.92 Å². The van der Waals surface area contributed by atoms with E-state index in [4.69, 9.17) is 0 Å². The van der Waals surface area contributed by atoms with Gasteiger partial charge in [0.05, 0.1) is 5.92 Å². The van der Waals surface area contributed by atoms with E-state index in [1.165, 1.54) is 12.8 Å². The van der Waals surface area contributed by atoms with Crippen LogP contribution in [0.2, 0.25) is 0 Å². The Labute approximate surface area is 134 Å². The summed E-state index contributed by atoms with van der Waals surface area (Å²) >= 11 is 0. The number of amides is 2. The van der Waals surface area contributed by atoms with Crippen molar-refractivity contribution in [3.05, 3.63) is 0 Å². The van der Waals surface area contributed by atoms with E-state index in [0.29, 0.717) is 25.6 Å². The largest absolute Gasteiger partial charge is 0.356 e. The van der Waals surface area contributed by atoms with Gasteiger partial charge in [0, 0.05) is 25.6 Å². The molecule has 0 aromatic carbocycles. The molecule has 1 unspecified atom stereocenters. The molecule has 1 aliphatic heterocycles. The van der Waals surface area contributed by atoms with E-state index in [1.54, 1.807) is 0 Å². The van der Waals surface area contributed by atoms with Crippen LogP contribution in [0.5, 0.6) is 0 Å². The Morgan fingerprint density at radius 2 is 1.95 bits per heavy atom. The lowest BCUT2D eigenvalue weighted by Gasteiger charge is -2.24. The first-order chi connectivity index (χ1) is 10.7. The van der Waals surface area contributed by atoms with Gasteiger partial charge in [-0.05, 0) is 38.9 Å². The van der Waals surface area contributed by atoms with Crippen molar-refractivity contribution in [2.75, 3.05) is 32.7 Å². The van der Waals surface area contributed by atoms with Crippen molar-refractivity contribution >= 4 is 11.8 Å². The molecule has 0 aromatic heterocycles. The zero-order chi connectivity index (χ0) is 15.9. The lowest BCUT2D eigenvalue weighted by Crippen LogP contribution is -2.37. The summed E-state index contributed by atoms with van der Waals surface area (Å²) in [6.07, 6.45) is 6.04. The van der Waals surface area contributed by atoms with Gasteiger partial charge < -0.3 is 15.1 Å². The van der Waals surface area contributed by atoms with Crippen LogP contribution in [-0.4, -0.2) is 60.4 Å². The highest BCUT2D eigenvalue weighted by atomic mass is 16.2. The minimum Gasteiger partial charge on any atom is -0.356 e. The molecule has 5 heteroatoms. The highest BCUT2D eigenvalue weighted by Gasteiger charge is 2.38. The van der Waals surface area contributed by atoms with Gasteiger partial charge in [-0.3, -0.25) is 9.59 Å². The van der Waals surface area contributed by atoms with Gasteiger partial charge in [-0.25, -0.2) is 0 Å². The number of rotatable bonds is 8. The second-order valence-electron chi connectivity index (χ2n) is 6.56. The molecule has 0 aromatic rings. The van der Waals surface area contributed by atoms with Crippen LogP contribution < -0.4 is 5.32 Å². The van der Waals surface area contributed by atoms with Crippen LogP contribution in [0.25, 0.3) is 0 Å². The van der Waals surface area contributed by atoms with Gasteiger partial charge in [0.2, 0.25) is 11.8 Å². The van der Waals surface area contributed by atoms with Gasteiger partial charge in [0.25, 0.3) is 0 Å². The van der Waals surface area contributed by atoms with Gasteiger partial charge in [0.15, 0.2) is 0 Å². The summed E-state index contributed by atoms with van der Waals surface area (Å²) in [7, 11) is 0. The number of hydrogen-bond donors (Lipinski definition) is 1. The molecule has 5 nitrogen and oxygen atoms in total. The average molecular weight is 309 g/mol. The first-order valence-electron chi connectivity index (χ1n) is 8.95. The minimum absolute atomic E-state index is 0.0633. The van der Waals surface area contributed by atoms with Crippen LogP contribution >= 0.6 is 0 Å². The number of nitrogens with zero attached hydrogens (tertiary/aromatic N) is 2. The van der Waals surface area contributed by atoms with Crippen molar-refractivity contribution in [3.8, 4) is 0 Å². The molecule has 2 fully saturated rings. The second-order valence-corrected chi connectivity index (χ2v) is 6.56. The van der Waals surface area contributed by atoms with Crippen LogP contribution in [0.4, 0.5) is 0 Å². The van der Waals surface area contributed by atoms with Gasteiger partial charge in [-0.15, -0.1) is 0 Å². The molecule has 2 aliphatic rings. The van der Waals surface area contributed by atoms with E-state index in [0.717, 1.165) is 38.9 Å². The third-order valence-corrected chi connectivity index (χ3v) is 5.14. The summed E-state index contributed by atoms with van der Waals surface area (Å²) in [5, 5.41) is 3.02. The first-order valence-corrected chi connectivity index (χ1v) is 8.95. The molecule has 1 saturated heterocycles. The number of likely N-dealkylation sites (tertiary alicyclic amines) is 1. The van der Waals surface area contributed by atoms with Crippen molar-refractivity contribution in [1.29, 1.82) is 0 Å². The average Bonchev–Trinajstić information content (AvgIpc) is 3.16. The van der Waals surface area contributed by atoms with E-state index < -0.39 is 0 Å². The molecule has 1 aliphatic carbocycles. The molecule has 2 amide bonds. The Kier molecular flexibility index (Phi) is 6.68. The van der Waals surface area contributed by atoms with Crippen LogP contribution in [0.3, 0.4) is 0 Å². The van der Waals surface area contributed by atoms with Crippen molar-refractivity contribution in [1.82, 2.24) is 15.1 Å². The third kappa shape index (κ3) is 4.45. The van der Waals surface area contributed by atoms with Gasteiger partial charge in [-0.1, -0.05) is 26.7 Å². The first kappa shape index (κ1) is 17.3.